The van der Waals surface area contributed by atoms with E-state index in [0.717, 1.165) is 5.56 Å². The summed E-state index contributed by atoms with van der Waals surface area (Å²) in [7, 11) is 0. The van der Waals surface area contributed by atoms with Crippen LogP contribution >= 0.6 is 0 Å². The molecule has 7 heteroatoms. The zero-order chi connectivity index (χ0) is 15.0. The third-order valence-electron chi connectivity index (χ3n) is 2.86. The van der Waals surface area contributed by atoms with Gasteiger partial charge in [-0.1, -0.05) is 6.07 Å². The van der Waals surface area contributed by atoms with Gasteiger partial charge in [-0.3, -0.25) is 15.0 Å². The maximum atomic E-state index is 11.1. The minimum absolute atomic E-state index is 0.0163. The molecular weight excluding hydrogens is 262 g/mol. The normalized spacial score (nSPS) is 10.8. The van der Waals surface area contributed by atoms with E-state index in [0.29, 0.717) is 31.9 Å². The molecule has 0 spiro atoms. The highest BCUT2D eigenvalue weighted by Crippen LogP contribution is 2.25. The lowest BCUT2D eigenvalue weighted by Crippen LogP contribution is -2.29. The standard InChI is InChI=1S/C13H21N3O4/c1-2-14-12-4-3-11(9-13(12)16(19)20)10-15(5-7-17)6-8-18/h3-4,9,14,17-18H,2,5-8,10H2,1H3. The number of nitro benzene ring substituents is 1. The van der Waals surface area contributed by atoms with Crippen LogP contribution in [0.1, 0.15) is 12.5 Å². The summed E-state index contributed by atoms with van der Waals surface area (Å²) in [6.07, 6.45) is 0. The molecule has 1 aromatic rings. The molecule has 0 saturated carbocycles. The molecule has 0 amide bonds. The minimum atomic E-state index is -0.413. The van der Waals surface area contributed by atoms with E-state index in [9.17, 15) is 10.1 Å². The van der Waals surface area contributed by atoms with Gasteiger partial charge in [0, 0.05) is 32.2 Å². The van der Waals surface area contributed by atoms with E-state index in [4.69, 9.17) is 10.2 Å². The van der Waals surface area contributed by atoms with Crippen LogP contribution in [0.4, 0.5) is 11.4 Å². The van der Waals surface area contributed by atoms with Gasteiger partial charge in [-0.2, -0.15) is 0 Å². The van der Waals surface area contributed by atoms with Crippen LogP contribution in [0.2, 0.25) is 0 Å². The lowest BCUT2D eigenvalue weighted by Gasteiger charge is -2.20. The Hall–Kier alpha value is -1.70. The van der Waals surface area contributed by atoms with Crippen molar-refractivity contribution in [2.24, 2.45) is 0 Å². The van der Waals surface area contributed by atoms with Gasteiger partial charge in [0.05, 0.1) is 18.1 Å². The lowest BCUT2D eigenvalue weighted by atomic mass is 10.1. The Morgan fingerprint density at radius 2 is 1.95 bits per heavy atom. The zero-order valence-electron chi connectivity index (χ0n) is 11.6. The average Bonchev–Trinajstić information content (AvgIpc) is 2.41. The van der Waals surface area contributed by atoms with Crippen LogP contribution in [0.25, 0.3) is 0 Å². The first-order valence-corrected chi connectivity index (χ1v) is 6.57. The topological polar surface area (TPSA) is 98.9 Å². The van der Waals surface area contributed by atoms with Gasteiger partial charge in [0.25, 0.3) is 5.69 Å². The van der Waals surface area contributed by atoms with Gasteiger partial charge in [-0.15, -0.1) is 0 Å². The van der Waals surface area contributed by atoms with Gasteiger partial charge in [-0.25, -0.2) is 0 Å². The fourth-order valence-electron chi connectivity index (χ4n) is 1.98. The summed E-state index contributed by atoms with van der Waals surface area (Å²) >= 11 is 0. The van der Waals surface area contributed by atoms with Crippen LogP contribution in [-0.2, 0) is 6.54 Å². The number of benzene rings is 1. The molecule has 0 bridgehead atoms. The first-order valence-electron chi connectivity index (χ1n) is 6.57. The van der Waals surface area contributed by atoms with E-state index in [1.165, 1.54) is 6.07 Å². The minimum Gasteiger partial charge on any atom is -0.395 e. The van der Waals surface area contributed by atoms with E-state index >= 15 is 0 Å². The van der Waals surface area contributed by atoms with Crippen molar-refractivity contribution in [3.05, 3.63) is 33.9 Å². The summed E-state index contributed by atoms with van der Waals surface area (Å²) in [6.45, 7) is 3.75. The largest absolute Gasteiger partial charge is 0.395 e. The number of rotatable bonds is 9. The Kier molecular flexibility index (Phi) is 6.92. The van der Waals surface area contributed by atoms with Crippen molar-refractivity contribution in [2.75, 3.05) is 38.2 Å². The van der Waals surface area contributed by atoms with E-state index in [-0.39, 0.29) is 18.9 Å². The molecule has 20 heavy (non-hydrogen) atoms. The van der Waals surface area contributed by atoms with Gasteiger partial charge in [0.15, 0.2) is 0 Å². The molecule has 3 N–H and O–H groups in total. The first-order chi connectivity index (χ1) is 9.62. The van der Waals surface area contributed by atoms with E-state index in [2.05, 4.69) is 5.32 Å². The van der Waals surface area contributed by atoms with Crippen molar-refractivity contribution in [1.29, 1.82) is 0 Å². The molecule has 0 unspecified atom stereocenters. The SMILES string of the molecule is CCNc1ccc(CN(CCO)CCO)cc1[N+](=O)[O-]. The van der Waals surface area contributed by atoms with Crippen molar-refractivity contribution in [3.8, 4) is 0 Å². The molecule has 1 aromatic carbocycles. The van der Waals surface area contributed by atoms with Crippen LogP contribution in [0.3, 0.4) is 0 Å². The molecular formula is C13H21N3O4. The number of anilines is 1. The number of aliphatic hydroxyl groups excluding tert-OH is 2. The number of hydrogen-bond donors (Lipinski definition) is 3. The molecule has 112 valence electrons. The molecule has 0 atom stereocenters. The quantitative estimate of drug-likeness (QED) is 0.458. The maximum absolute atomic E-state index is 11.1. The molecule has 0 aromatic heterocycles. The number of hydrogen-bond acceptors (Lipinski definition) is 6. The third-order valence-corrected chi connectivity index (χ3v) is 2.86. The number of nitro groups is 1. The molecule has 0 aliphatic heterocycles. The van der Waals surface area contributed by atoms with Crippen molar-refractivity contribution < 1.29 is 15.1 Å². The van der Waals surface area contributed by atoms with E-state index < -0.39 is 4.92 Å². The fourth-order valence-corrected chi connectivity index (χ4v) is 1.98. The highest BCUT2D eigenvalue weighted by molar-refractivity contribution is 5.62. The molecule has 0 aliphatic carbocycles. The molecule has 7 nitrogen and oxygen atoms in total. The number of nitrogens with one attached hydrogen (secondary N) is 1. The van der Waals surface area contributed by atoms with Crippen molar-refractivity contribution in [2.45, 2.75) is 13.5 Å². The van der Waals surface area contributed by atoms with E-state index in [1.54, 1.807) is 6.07 Å². The average molecular weight is 283 g/mol. The van der Waals surface area contributed by atoms with Gasteiger partial charge >= 0.3 is 0 Å². The Labute approximate surface area is 118 Å². The molecule has 0 radical (unpaired) electrons. The molecule has 0 heterocycles. The molecule has 1 rings (SSSR count). The second kappa shape index (κ2) is 8.47. The fraction of sp³-hybridized carbons (Fsp3) is 0.538. The van der Waals surface area contributed by atoms with Gasteiger partial charge in [-0.05, 0) is 18.6 Å². The highest BCUT2D eigenvalue weighted by atomic mass is 16.6. The van der Waals surface area contributed by atoms with Crippen molar-refractivity contribution in [1.82, 2.24) is 4.90 Å². The second-order valence-electron chi connectivity index (χ2n) is 4.36. The summed E-state index contributed by atoms with van der Waals surface area (Å²) < 4.78 is 0. The first kappa shape index (κ1) is 16.4. The predicted octanol–water partition coefficient (Wildman–Crippen LogP) is 0.813. The number of aliphatic hydroxyl groups is 2. The predicted molar refractivity (Wildman–Crippen MR) is 76.7 cm³/mol. The monoisotopic (exact) mass is 283 g/mol. The summed E-state index contributed by atoms with van der Waals surface area (Å²) in [5, 5.41) is 31.9. The van der Waals surface area contributed by atoms with Gasteiger partial charge in [0.2, 0.25) is 0 Å². The Balaban J connectivity index is 2.89. The summed E-state index contributed by atoms with van der Waals surface area (Å²) in [6, 6.07) is 5.03. The smallest absolute Gasteiger partial charge is 0.292 e. The maximum Gasteiger partial charge on any atom is 0.292 e. The second-order valence-corrected chi connectivity index (χ2v) is 4.36. The Bertz CT molecular complexity index is 434. The van der Waals surface area contributed by atoms with Crippen molar-refractivity contribution in [3.63, 3.8) is 0 Å². The van der Waals surface area contributed by atoms with Gasteiger partial charge in [0.1, 0.15) is 5.69 Å². The van der Waals surface area contributed by atoms with Crippen LogP contribution in [-0.4, -0.2) is 52.9 Å². The van der Waals surface area contributed by atoms with Crippen LogP contribution in [0.15, 0.2) is 18.2 Å². The van der Waals surface area contributed by atoms with Crippen LogP contribution < -0.4 is 5.32 Å². The zero-order valence-corrected chi connectivity index (χ0v) is 11.6. The van der Waals surface area contributed by atoms with Gasteiger partial charge < -0.3 is 15.5 Å². The summed E-state index contributed by atoms with van der Waals surface area (Å²) in [5.41, 5.74) is 1.31. The molecule has 0 aliphatic rings. The lowest BCUT2D eigenvalue weighted by molar-refractivity contribution is -0.384. The summed E-state index contributed by atoms with van der Waals surface area (Å²) in [5.74, 6) is 0. The molecule has 0 saturated heterocycles. The van der Waals surface area contributed by atoms with Crippen LogP contribution in [0.5, 0.6) is 0 Å². The number of nitrogens with zero attached hydrogens (tertiary/aromatic N) is 2. The Morgan fingerprint density at radius 3 is 2.45 bits per heavy atom. The van der Waals surface area contributed by atoms with E-state index in [1.807, 2.05) is 17.9 Å². The Morgan fingerprint density at radius 1 is 1.30 bits per heavy atom. The highest BCUT2D eigenvalue weighted by Gasteiger charge is 2.15. The van der Waals surface area contributed by atoms with Crippen molar-refractivity contribution >= 4 is 11.4 Å². The third kappa shape index (κ3) is 4.76. The summed E-state index contributed by atoms with van der Waals surface area (Å²) in [4.78, 5) is 12.5. The molecule has 0 fully saturated rings. The van der Waals surface area contributed by atoms with Crippen LogP contribution in [0, 0.1) is 10.1 Å².